The molecule has 0 aliphatic rings. The first-order valence-electron chi connectivity index (χ1n) is 7.11. The van der Waals surface area contributed by atoms with E-state index in [2.05, 4.69) is 20.5 Å². The second kappa shape index (κ2) is 6.31. The highest BCUT2D eigenvalue weighted by Gasteiger charge is 2.04. The van der Waals surface area contributed by atoms with Gasteiger partial charge in [0.15, 0.2) is 0 Å². The van der Waals surface area contributed by atoms with Gasteiger partial charge in [-0.2, -0.15) is 5.10 Å². The molecule has 0 radical (unpaired) electrons. The van der Waals surface area contributed by atoms with Crippen molar-refractivity contribution >= 4 is 22.6 Å². The molecule has 6 heteroatoms. The molecular weight excluding hydrogens is 292 g/mol. The van der Waals surface area contributed by atoms with E-state index in [1.54, 1.807) is 13.2 Å². The monoisotopic (exact) mass is 308 g/mol. The number of hydrogen-bond donors (Lipinski definition) is 2. The largest absolute Gasteiger partial charge is 0.497 e. The summed E-state index contributed by atoms with van der Waals surface area (Å²) >= 11 is 0. The molecule has 0 unspecified atom stereocenters. The summed E-state index contributed by atoms with van der Waals surface area (Å²) in [5.74, 6) is 0.943. The highest BCUT2D eigenvalue weighted by atomic mass is 16.5. The molecule has 0 spiro atoms. The van der Waals surface area contributed by atoms with Crippen molar-refractivity contribution in [1.82, 2.24) is 9.97 Å². The average molecular weight is 308 g/mol. The van der Waals surface area contributed by atoms with Crippen molar-refractivity contribution in [1.29, 1.82) is 0 Å². The Kier molecular flexibility index (Phi) is 4.05. The van der Waals surface area contributed by atoms with Crippen LogP contribution in [0.4, 0.5) is 5.82 Å². The number of methoxy groups -OCH3 is 1. The molecule has 0 amide bonds. The number of anilines is 1. The fourth-order valence-corrected chi connectivity index (χ4v) is 2.14. The van der Waals surface area contributed by atoms with E-state index in [4.69, 9.17) is 4.74 Å². The quantitative estimate of drug-likeness (QED) is 0.574. The molecule has 2 aromatic carbocycles. The van der Waals surface area contributed by atoms with Gasteiger partial charge in [0, 0.05) is 0 Å². The third kappa shape index (κ3) is 3.21. The van der Waals surface area contributed by atoms with Crippen LogP contribution >= 0.6 is 0 Å². The fourth-order valence-electron chi connectivity index (χ4n) is 2.14. The molecular formula is C17H16N4O2. The minimum atomic E-state index is -0.310. The second-order valence-corrected chi connectivity index (χ2v) is 4.97. The average Bonchev–Trinajstić information content (AvgIpc) is 2.59. The van der Waals surface area contributed by atoms with Crippen molar-refractivity contribution in [2.45, 2.75) is 6.92 Å². The number of nitrogens with one attached hydrogen (secondary N) is 2. The number of ether oxygens (including phenoxy) is 1. The Morgan fingerprint density at radius 2 is 1.91 bits per heavy atom. The van der Waals surface area contributed by atoms with E-state index < -0.39 is 0 Å². The number of H-pyrrole nitrogens is 1. The summed E-state index contributed by atoms with van der Waals surface area (Å²) in [6.07, 6.45) is 0. The zero-order valence-electron chi connectivity index (χ0n) is 12.8. The SMILES string of the molecule is COc1ccc(/C(C)=N\Nc2nc3ccccc3[nH]c2=O)cc1. The van der Waals surface area contributed by atoms with Gasteiger partial charge in [-0.3, -0.25) is 10.2 Å². The van der Waals surface area contributed by atoms with Crippen molar-refractivity contribution in [2.24, 2.45) is 5.10 Å². The van der Waals surface area contributed by atoms with Crippen LogP contribution < -0.4 is 15.7 Å². The molecule has 23 heavy (non-hydrogen) atoms. The second-order valence-electron chi connectivity index (χ2n) is 4.97. The molecule has 116 valence electrons. The number of aromatic nitrogens is 2. The molecule has 2 N–H and O–H groups in total. The smallest absolute Gasteiger partial charge is 0.293 e. The van der Waals surface area contributed by atoms with E-state index >= 15 is 0 Å². The van der Waals surface area contributed by atoms with E-state index in [9.17, 15) is 4.79 Å². The van der Waals surface area contributed by atoms with Gasteiger partial charge in [0.05, 0.1) is 23.9 Å². The van der Waals surface area contributed by atoms with Gasteiger partial charge in [-0.25, -0.2) is 4.98 Å². The van der Waals surface area contributed by atoms with Crippen molar-refractivity contribution < 1.29 is 4.74 Å². The predicted molar refractivity (Wildman–Crippen MR) is 91.2 cm³/mol. The molecule has 3 rings (SSSR count). The van der Waals surface area contributed by atoms with Crippen LogP contribution in [0.25, 0.3) is 11.0 Å². The maximum absolute atomic E-state index is 12.0. The summed E-state index contributed by atoms with van der Waals surface area (Å²) < 4.78 is 5.12. The molecule has 3 aromatic rings. The Balaban J connectivity index is 1.86. The third-order valence-electron chi connectivity index (χ3n) is 3.44. The Morgan fingerprint density at radius 1 is 1.17 bits per heavy atom. The summed E-state index contributed by atoms with van der Waals surface area (Å²) in [7, 11) is 1.62. The molecule has 0 bridgehead atoms. The van der Waals surface area contributed by atoms with E-state index in [1.807, 2.05) is 49.4 Å². The fraction of sp³-hybridized carbons (Fsp3) is 0.118. The molecule has 0 aliphatic carbocycles. The van der Waals surface area contributed by atoms with E-state index in [1.165, 1.54) is 0 Å². The maximum Gasteiger partial charge on any atom is 0.293 e. The van der Waals surface area contributed by atoms with Crippen molar-refractivity contribution in [3.05, 3.63) is 64.4 Å². The topological polar surface area (TPSA) is 79.4 Å². The van der Waals surface area contributed by atoms with Crippen LogP contribution in [-0.2, 0) is 0 Å². The molecule has 0 atom stereocenters. The number of rotatable bonds is 4. The first kappa shape index (κ1) is 14.8. The number of hydrogen-bond acceptors (Lipinski definition) is 5. The number of fused-ring (bicyclic) bond motifs is 1. The zero-order chi connectivity index (χ0) is 16.2. The van der Waals surface area contributed by atoms with E-state index in [-0.39, 0.29) is 11.4 Å². The zero-order valence-corrected chi connectivity index (χ0v) is 12.8. The summed E-state index contributed by atoms with van der Waals surface area (Å²) in [6.45, 7) is 1.85. The summed E-state index contributed by atoms with van der Waals surface area (Å²) in [5, 5.41) is 4.23. The van der Waals surface area contributed by atoms with Crippen LogP contribution in [0.1, 0.15) is 12.5 Å². The van der Waals surface area contributed by atoms with Crippen LogP contribution in [0.2, 0.25) is 0 Å². The summed E-state index contributed by atoms with van der Waals surface area (Å²) in [5.41, 5.74) is 5.48. The molecule has 0 fully saturated rings. The molecule has 6 nitrogen and oxygen atoms in total. The number of aromatic amines is 1. The lowest BCUT2D eigenvalue weighted by atomic mass is 10.1. The van der Waals surface area contributed by atoms with E-state index in [0.717, 1.165) is 17.0 Å². The minimum Gasteiger partial charge on any atom is -0.497 e. The van der Waals surface area contributed by atoms with Crippen LogP contribution in [0.15, 0.2) is 58.4 Å². The number of hydrazone groups is 1. The normalized spacial score (nSPS) is 11.5. The lowest BCUT2D eigenvalue weighted by Gasteiger charge is -2.05. The third-order valence-corrected chi connectivity index (χ3v) is 3.44. The Labute approximate surface area is 132 Å². The van der Waals surface area contributed by atoms with Gasteiger partial charge < -0.3 is 9.72 Å². The van der Waals surface area contributed by atoms with Crippen LogP contribution in [0, 0.1) is 0 Å². The van der Waals surface area contributed by atoms with Crippen molar-refractivity contribution in [2.75, 3.05) is 12.5 Å². The summed E-state index contributed by atoms with van der Waals surface area (Å²) in [4.78, 5) is 19.1. The summed E-state index contributed by atoms with van der Waals surface area (Å²) in [6, 6.07) is 14.9. The molecule has 0 saturated carbocycles. The maximum atomic E-state index is 12.0. The molecule has 1 heterocycles. The standard InChI is InChI=1S/C17H16N4O2/c1-11(12-7-9-13(23-2)10-8-12)20-21-16-17(22)19-15-6-4-3-5-14(15)18-16/h3-10H,1-2H3,(H,18,21)(H,19,22)/b20-11-. The van der Waals surface area contributed by atoms with Crippen molar-refractivity contribution in [3.63, 3.8) is 0 Å². The van der Waals surface area contributed by atoms with Gasteiger partial charge in [0.1, 0.15) is 5.75 Å². The van der Waals surface area contributed by atoms with E-state index in [0.29, 0.717) is 11.0 Å². The van der Waals surface area contributed by atoms with Gasteiger partial charge >= 0.3 is 0 Å². The van der Waals surface area contributed by atoms with Gasteiger partial charge in [-0.1, -0.05) is 12.1 Å². The highest BCUT2D eigenvalue weighted by Crippen LogP contribution is 2.12. The van der Waals surface area contributed by atoms with Crippen LogP contribution in [0.5, 0.6) is 5.75 Å². The lowest BCUT2D eigenvalue weighted by Crippen LogP contribution is -2.14. The molecule has 0 saturated heterocycles. The molecule has 1 aromatic heterocycles. The Hall–Kier alpha value is -3.15. The van der Waals surface area contributed by atoms with Crippen molar-refractivity contribution in [3.8, 4) is 5.75 Å². The minimum absolute atomic E-state index is 0.163. The van der Waals surface area contributed by atoms with Gasteiger partial charge in [-0.15, -0.1) is 0 Å². The lowest BCUT2D eigenvalue weighted by molar-refractivity contribution is 0.415. The Morgan fingerprint density at radius 3 is 2.65 bits per heavy atom. The highest BCUT2D eigenvalue weighted by molar-refractivity contribution is 5.99. The Bertz CT molecular complexity index is 914. The molecule has 0 aliphatic heterocycles. The van der Waals surface area contributed by atoms with Gasteiger partial charge in [-0.05, 0) is 48.9 Å². The van der Waals surface area contributed by atoms with Crippen LogP contribution in [-0.4, -0.2) is 22.8 Å². The van der Waals surface area contributed by atoms with Gasteiger partial charge in [0.2, 0.25) is 5.82 Å². The first-order valence-corrected chi connectivity index (χ1v) is 7.11. The van der Waals surface area contributed by atoms with Gasteiger partial charge in [0.25, 0.3) is 5.56 Å². The number of benzene rings is 2. The number of para-hydroxylation sites is 2. The first-order chi connectivity index (χ1) is 11.2. The predicted octanol–water partition coefficient (Wildman–Crippen LogP) is 2.77. The number of nitrogens with zero attached hydrogens (tertiary/aromatic N) is 2. The van der Waals surface area contributed by atoms with Crippen LogP contribution in [0.3, 0.4) is 0 Å².